The van der Waals surface area contributed by atoms with Gasteiger partial charge in [0, 0.05) is 57.1 Å². The maximum absolute atomic E-state index is 13.5. The molecular formula is C35H41N5O9. The van der Waals surface area contributed by atoms with Gasteiger partial charge in [-0.3, -0.25) is 19.2 Å². The molecule has 2 aliphatic heterocycles. The molecule has 2 saturated heterocycles. The van der Waals surface area contributed by atoms with Crippen LogP contribution in [0.4, 0.5) is 4.79 Å². The first-order valence-corrected chi connectivity index (χ1v) is 16.4. The average Bonchev–Trinajstić information content (AvgIpc) is 3.60. The Kier molecular flexibility index (Phi) is 12.0. The van der Waals surface area contributed by atoms with E-state index in [0.29, 0.717) is 37.0 Å². The van der Waals surface area contributed by atoms with E-state index >= 15 is 0 Å². The maximum atomic E-state index is 13.5. The van der Waals surface area contributed by atoms with Crippen LogP contribution < -0.4 is 10.1 Å². The predicted octanol–water partition coefficient (Wildman–Crippen LogP) is 2.70. The van der Waals surface area contributed by atoms with Crippen molar-refractivity contribution >= 4 is 40.7 Å². The molecule has 14 nitrogen and oxygen atoms in total. The zero-order valence-electron chi connectivity index (χ0n) is 27.4. The summed E-state index contributed by atoms with van der Waals surface area (Å²) in [5.74, 6) is -2.23. The largest absolute Gasteiger partial charge is 0.483 e. The first kappa shape index (κ1) is 35.1. The second kappa shape index (κ2) is 16.7. The van der Waals surface area contributed by atoms with Crippen LogP contribution in [0.15, 0.2) is 60.7 Å². The third kappa shape index (κ3) is 9.44. The number of likely N-dealkylation sites (tertiary alicyclic amines) is 1. The number of aromatic nitrogens is 1. The number of pyridine rings is 1. The Hall–Kier alpha value is -5.24. The van der Waals surface area contributed by atoms with E-state index in [0.717, 1.165) is 5.56 Å². The minimum atomic E-state index is -1.15. The number of rotatable bonds is 13. The normalized spacial score (nSPS) is 16.7. The van der Waals surface area contributed by atoms with Crippen molar-refractivity contribution in [2.75, 3.05) is 52.5 Å². The van der Waals surface area contributed by atoms with Crippen LogP contribution in [0.1, 0.15) is 42.2 Å². The molecule has 2 N–H and O–H groups in total. The second-order valence-electron chi connectivity index (χ2n) is 11.8. The molecule has 2 atom stereocenters. The van der Waals surface area contributed by atoms with Gasteiger partial charge >= 0.3 is 12.1 Å². The molecule has 1 unspecified atom stereocenters. The van der Waals surface area contributed by atoms with Crippen molar-refractivity contribution in [1.29, 1.82) is 0 Å². The number of benzene rings is 2. The molecule has 4 amide bonds. The van der Waals surface area contributed by atoms with Gasteiger partial charge in [-0.25, -0.2) is 9.78 Å². The standard InChI is InChI=1S/C35H41N5O9/c1-2-47-35(46)39-18-16-38(17-19-39)34(45)28(12-13-32(42)43)37-33(44)29-20-30(26-10-6-7-11-27(26)36-29)49-23-31(41)40-15-14-25(21-40)48-22-24-8-4-3-5-9-24/h3-11,20,25,28H,2,12-19,21-23H2,1H3,(H,37,44)(H,42,43)/t25-,28?/m0/s1. The van der Waals surface area contributed by atoms with E-state index in [2.05, 4.69) is 10.3 Å². The zero-order valence-corrected chi connectivity index (χ0v) is 27.4. The summed E-state index contributed by atoms with van der Waals surface area (Å²) in [5.41, 5.74) is 1.44. The Labute approximate surface area is 283 Å². The van der Waals surface area contributed by atoms with Crippen molar-refractivity contribution in [2.24, 2.45) is 0 Å². The lowest BCUT2D eigenvalue weighted by molar-refractivity contribution is -0.138. The molecule has 0 radical (unpaired) electrons. The molecule has 0 bridgehead atoms. The summed E-state index contributed by atoms with van der Waals surface area (Å²) in [5, 5.41) is 12.6. The molecule has 2 aromatic carbocycles. The lowest BCUT2D eigenvalue weighted by Crippen LogP contribution is -2.56. The minimum absolute atomic E-state index is 0.0584. The number of fused-ring (bicyclic) bond motifs is 1. The van der Waals surface area contributed by atoms with E-state index in [4.69, 9.17) is 14.2 Å². The first-order chi connectivity index (χ1) is 23.7. The zero-order chi connectivity index (χ0) is 34.8. The fraction of sp³-hybridized carbons (Fsp3) is 0.429. The summed E-state index contributed by atoms with van der Waals surface area (Å²) in [6.45, 7) is 4.02. The lowest BCUT2D eigenvalue weighted by Gasteiger charge is -2.35. The number of hydrogen-bond donors (Lipinski definition) is 2. The number of nitrogens with zero attached hydrogens (tertiary/aromatic N) is 4. The van der Waals surface area contributed by atoms with Crippen LogP contribution in [-0.4, -0.2) is 119 Å². The molecule has 260 valence electrons. The van der Waals surface area contributed by atoms with Gasteiger partial charge in [0.15, 0.2) is 6.61 Å². The molecule has 1 aromatic heterocycles. The predicted molar refractivity (Wildman–Crippen MR) is 177 cm³/mol. The van der Waals surface area contributed by atoms with Gasteiger partial charge in [-0.2, -0.15) is 0 Å². The molecule has 2 aliphatic rings. The van der Waals surface area contributed by atoms with Crippen LogP contribution in [-0.2, 0) is 30.5 Å². The van der Waals surface area contributed by atoms with Crippen molar-refractivity contribution in [1.82, 2.24) is 25.0 Å². The highest BCUT2D eigenvalue weighted by atomic mass is 16.6. The number of carbonyl (C=O) groups excluding carboxylic acids is 4. The number of amides is 4. The van der Waals surface area contributed by atoms with Gasteiger partial charge in [0.1, 0.15) is 17.5 Å². The van der Waals surface area contributed by atoms with E-state index in [9.17, 15) is 29.1 Å². The molecule has 0 saturated carbocycles. The molecule has 0 spiro atoms. The smallest absolute Gasteiger partial charge is 0.409 e. The van der Waals surface area contributed by atoms with Crippen molar-refractivity contribution in [3.05, 3.63) is 71.9 Å². The first-order valence-electron chi connectivity index (χ1n) is 16.4. The fourth-order valence-electron chi connectivity index (χ4n) is 5.79. The number of ether oxygens (including phenoxy) is 3. The number of aliphatic carboxylic acids is 1. The van der Waals surface area contributed by atoms with Crippen molar-refractivity contribution in [3.8, 4) is 5.75 Å². The molecule has 2 fully saturated rings. The Balaban J connectivity index is 1.23. The van der Waals surface area contributed by atoms with Crippen LogP contribution in [0.2, 0.25) is 0 Å². The van der Waals surface area contributed by atoms with Gasteiger partial charge in [-0.1, -0.05) is 42.5 Å². The third-order valence-electron chi connectivity index (χ3n) is 8.46. The van der Waals surface area contributed by atoms with Crippen molar-refractivity contribution in [3.63, 3.8) is 0 Å². The highest BCUT2D eigenvalue weighted by Crippen LogP contribution is 2.26. The Morgan fingerprint density at radius 3 is 2.39 bits per heavy atom. The van der Waals surface area contributed by atoms with Gasteiger partial charge in [0.25, 0.3) is 11.8 Å². The van der Waals surface area contributed by atoms with Gasteiger partial charge in [-0.05, 0) is 37.5 Å². The van der Waals surface area contributed by atoms with Gasteiger partial charge < -0.3 is 39.3 Å². The molecule has 3 heterocycles. The van der Waals surface area contributed by atoms with Crippen LogP contribution >= 0.6 is 0 Å². The van der Waals surface area contributed by atoms with Crippen LogP contribution in [0.3, 0.4) is 0 Å². The SMILES string of the molecule is CCOC(=O)N1CCN(C(=O)C(CCC(=O)O)NC(=O)c2cc(OCC(=O)N3CC[C@H](OCc4ccccc4)C3)c3ccccc3n2)CC1. The highest BCUT2D eigenvalue weighted by Gasteiger charge is 2.32. The molecule has 49 heavy (non-hydrogen) atoms. The summed E-state index contributed by atoms with van der Waals surface area (Å²) in [4.78, 5) is 72.7. The molecule has 14 heteroatoms. The van der Waals surface area contributed by atoms with Gasteiger partial charge in [0.05, 0.1) is 24.8 Å². The van der Waals surface area contributed by atoms with Crippen molar-refractivity contribution < 1.29 is 43.3 Å². The summed E-state index contributed by atoms with van der Waals surface area (Å²) in [7, 11) is 0. The summed E-state index contributed by atoms with van der Waals surface area (Å²) in [6.07, 6.45) is -0.334. The number of nitrogens with one attached hydrogen (secondary N) is 1. The van der Waals surface area contributed by atoms with E-state index < -0.39 is 29.9 Å². The van der Waals surface area contributed by atoms with E-state index in [1.54, 1.807) is 36.1 Å². The van der Waals surface area contributed by atoms with E-state index in [-0.39, 0.29) is 75.7 Å². The van der Waals surface area contributed by atoms with Crippen molar-refractivity contribution in [2.45, 2.75) is 44.9 Å². The fourth-order valence-corrected chi connectivity index (χ4v) is 5.79. The molecule has 3 aromatic rings. The van der Waals surface area contributed by atoms with E-state index in [1.807, 2.05) is 30.3 Å². The lowest BCUT2D eigenvalue weighted by atomic mass is 10.1. The number of hydrogen-bond acceptors (Lipinski definition) is 9. The number of carboxylic acids is 1. The molecular weight excluding hydrogens is 634 g/mol. The minimum Gasteiger partial charge on any atom is -0.483 e. The highest BCUT2D eigenvalue weighted by molar-refractivity contribution is 5.99. The topological polar surface area (TPSA) is 168 Å². The van der Waals surface area contributed by atoms with Crippen LogP contribution in [0.25, 0.3) is 10.9 Å². The summed E-state index contributed by atoms with van der Waals surface area (Å²) < 4.78 is 17.0. The Bertz CT molecular complexity index is 1640. The van der Waals surface area contributed by atoms with Crippen LogP contribution in [0, 0.1) is 0 Å². The van der Waals surface area contributed by atoms with Crippen LogP contribution in [0.5, 0.6) is 5.75 Å². The Morgan fingerprint density at radius 2 is 1.65 bits per heavy atom. The molecule has 0 aliphatic carbocycles. The van der Waals surface area contributed by atoms with E-state index in [1.165, 1.54) is 15.9 Å². The summed E-state index contributed by atoms with van der Waals surface area (Å²) in [6, 6.07) is 17.1. The number of carbonyl (C=O) groups is 5. The molecule has 5 rings (SSSR count). The monoisotopic (exact) mass is 675 g/mol. The maximum Gasteiger partial charge on any atom is 0.409 e. The quantitative estimate of drug-likeness (QED) is 0.275. The van der Waals surface area contributed by atoms with Gasteiger partial charge in [-0.15, -0.1) is 0 Å². The Morgan fingerprint density at radius 1 is 0.939 bits per heavy atom. The average molecular weight is 676 g/mol. The second-order valence-corrected chi connectivity index (χ2v) is 11.8. The summed E-state index contributed by atoms with van der Waals surface area (Å²) >= 11 is 0. The number of piperazine rings is 1. The van der Waals surface area contributed by atoms with Gasteiger partial charge in [0.2, 0.25) is 5.91 Å². The number of para-hydroxylation sites is 1. The third-order valence-corrected chi connectivity index (χ3v) is 8.46. The number of carboxylic acid groups (broad SMARTS) is 1.